The number of rotatable bonds is 5. The van der Waals surface area contributed by atoms with Crippen LogP contribution in [0.2, 0.25) is 10.0 Å². The van der Waals surface area contributed by atoms with Crippen molar-refractivity contribution in [3.8, 4) is 5.75 Å². The van der Waals surface area contributed by atoms with Gasteiger partial charge in [0.2, 0.25) is 0 Å². The number of amides is 1. The second kappa shape index (κ2) is 7.49. The minimum atomic E-state index is -0.321. The van der Waals surface area contributed by atoms with E-state index in [9.17, 15) is 4.79 Å². The van der Waals surface area contributed by atoms with E-state index in [1.807, 2.05) is 31.3 Å². The first-order chi connectivity index (χ1) is 14.5. The third kappa shape index (κ3) is 3.48. The van der Waals surface area contributed by atoms with Crippen molar-refractivity contribution in [2.75, 3.05) is 11.9 Å². The number of halogens is 2. The number of hydrogen-bond acceptors (Lipinski definition) is 3. The molecule has 1 saturated carbocycles. The predicted octanol–water partition coefficient (Wildman–Crippen LogP) is 5.76. The molecule has 1 fully saturated rings. The summed E-state index contributed by atoms with van der Waals surface area (Å²) in [6.07, 6.45) is 5.75. The van der Waals surface area contributed by atoms with Crippen LogP contribution in [0.5, 0.6) is 5.75 Å². The number of hydrogen-bond donors (Lipinski definition) is 1. The highest BCUT2D eigenvalue weighted by Gasteiger charge is 2.25. The van der Waals surface area contributed by atoms with Crippen LogP contribution in [-0.2, 0) is 7.05 Å². The van der Waals surface area contributed by atoms with Gasteiger partial charge in [0, 0.05) is 10.8 Å². The number of aromatic nitrogens is 1. The molecule has 30 heavy (non-hydrogen) atoms. The number of benzene rings is 2. The van der Waals surface area contributed by atoms with Crippen molar-refractivity contribution in [2.45, 2.75) is 12.8 Å². The third-order valence-electron chi connectivity index (χ3n) is 5.26. The van der Waals surface area contributed by atoms with E-state index in [4.69, 9.17) is 32.4 Å². The number of ether oxygens (including phenoxy) is 1. The van der Waals surface area contributed by atoms with Crippen LogP contribution in [0.15, 0.2) is 53.2 Å². The lowest BCUT2D eigenvalue weighted by molar-refractivity contribution is -0.671. The minimum Gasteiger partial charge on any atom is -0.489 e. The topological polar surface area (TPSA) is 55.4 Å². The first-order valence-corrected chi connectivity index (χ1v) is 10.5. The highest BCUT2D eigenvalue weighted by Crippen LogP contribution is 2.39. The number of para-hydroxylation sites is 1. The molecule has 1 N–H and O–H groups in total. The number of nitrogens with zero attached hydrogens (tertiary/aromatic N) is 1. The molecule has 2 heterocycles. The standard InChI is InChI=1S/C23H18Cl2N2O3/c1-27-10-16(24)21(17(25)11-27)26-23(28)15-8-9-19(29-12-13-6-7-13)22-20(15)14-4-2-3-5-18(14)30-22/h2-5,8-11,13H,6-7,12H2,1H3/p+1. The number of pyridine rings is 1. The van der Waals surface area contributed by atoms with Gasteiger partial charge in [-0.25, -0.2) is 4.57 Å². The number of carbonyl (C=O) groups is 1. The van der Waals surface area contributed by atoms with E-state index in [0.717, 1.165) is 5.39 Å². The summed E-state index contributed by atoms with van der Waals surface area (Å²) in [4.78, 5) is 13.2. The zero-order valence-corrected chi connectivity index (χ0v) is 17.8. The van der Waals surface area contributed by atoms with Crippen LogP contribution in [0.4, 0.5) is 5.69 Å². The normalized spacial score (nSPS) is 13.7. The van der Waals surface area contributed by atoms with Gasteiger partial charge in [-0.15, -0.1) is 0 Å². The Morgan fingerprint density at radius 1 is 1.17 bits per heavy atom. The predicted molar refractivity (Wildman–Crippen MR) is 118 cm³/mol. The first-order valence-electron chi connectivity index (χ1n) is 9.74. The van der Waals surface area contributed by atoms with E-state index in [-0.39, 0.29) is 5.91 Å². The van der Waals surface area contributed by atoms with E-state index in [1.54, 1.807) is 29.1 Å². The Hall–Kier alpha value is -2.76. The van der Waals surface area contributed by atoms with Gasteiger partial charge in [0.05, 0.1) is 17.9 Å². The van der Waals surface area contributed by atoms with Crippen molar-refractivity contribution in [2.24, 2.45) is 13.0 Å². The van der Waals surface area contributed by atoms with Gasteiger partial charge in [-0.3, -0.25) is 4.79 Å². The Kier molecular flexibility index (Phi) is 4.80. The van der Waals surface area contributed by atoms with Crippen molar-refractivity contribution in [3.63, 3.8) is 0 Å². The van der Waals surface area contributed by atoms with E-state index < -0.39 is 0 Å². The van der Waals surface area contributed by atoms with Gasteiger partial charge in [0.25, 0.3) is 5.91 Å². The smallest absolute Gasteiger partial charge is 0.256 e. The molecule has 0 saturated heterocycles. The first kappa shape index (κ1) is 19.2. The van der Waals surface area contributed by atoms with Crippen molar-refractivity contribution >= 4 is 56.7 Å². The zero-order chi connectivity index (χ0) is 20.8. The Morgan fingerprint density at radius 2 is 1.90 bits per heavy atom. The molecule has 0 bridgehead atoms. The summed E-state index contributed by atoms with van der Waals surface area (Å²) in [7, 11) is 1.81. The van der Waals surface area contributed by atoms with Gasteiger partial charge in [0.1, 0.15) is 22.7 Å². The average molecular weight is 442 g/mol. The summed E-state index contributed by atoms with van der Waals surface area (Å²) < 4.78 is 13.8. The summed E-state index contributed by atoms with van der Waals surface area (Å²) in [5.41, 5.74) is 2.11. The number of aryl methyl sites for hydroxylation is 1. The van der Waals surface area contributed by atoms with E-state index in [0.29, 0.717) is 56.1 Å². The molecule has 1 aliphatic carbocycles. The molecule has 5 nitrogen and oxygen atoms in total. The molecule has 5 rings (SSSR count). The zero-order valence-electron chi connectivity index (χ0n) is 16.2. The average Bonchev–Trinajstić information content (AvgIpc) is 3.47. The van der Waals surface area contributed by atoms with Gasteiger partial charge in [0.15, 0.2) is 23.7 Å². The maximum absolute atomic E-state index is 13.2. The number of nitrogens with one attached hydrogen (secondary N) is 1. The minimum absolute atomic E-state index is 0.321. The molecule has 0 spiro atoms. The Balaban J connectivity index is 1.60. The lowest BCUT2D eigenvalue weighted by atomic mass is 10.0. The molecule has 0 atom stereocenters. The molecular weight excluding hydrogens is 423 g/mol. The summed E-state index contributed by atoms with van der Waals surface area (Å²) >= 11 is 12.6. The summed E-state index contributed by atoms with van der Waals surface area (Å²) in [5.74, 6) is 0.932. The molecule has 1 aliphatic rings. The third-order valence-corrected chi connectivity index (χ3v) is 5.83. The van der Waals surface area contributed by atoms with Gasteiger partial charge in [-0.05, 0) is 37.0 Å². The lowest BCUT2D eigenvalue weighted by Crippen LogP contribution is -2.27. The number of furan rings is 1. The summed E-state index contributed by atoms with van der Waals surface area (Å²) in [6.45, 7) is 0.657. The Morgan fingerprint density at radius 3 is 2.63 bits per heavy atom. The Bertz CT molecular complexity index is 1270. The largest absolute Gasteiger partial charge is 0.489 e. The molecular formula is C23H19Cl2N2O3+. The SMILES string of the molecule is C[n+]1cc(Cl)c(NC(=O)c2ccc(OCC3CC3)c3oc4ccccc4c23)c(Cl)c1. The fourth-order valence-corrected chi connectivity index (χ4v) is 4.19. The van der Waals surface area contributed by atoms with Crippen LogP contribution in [0.25, 0.3) is 21.9 Å². The highest BCUT2D eigenvalue weighted by atomic mass is 35.5. The van der Waals surface area contributed by atoms with Crippen LogP contribution in [-0.4, -0.2) is 12.5 Å². The molecule has 2 aromatic carbocycles. The lowest BCUT2D eigenvalue weighted by Gasteiger charge is -2.11. The van der Waals surface area contributed by atoms with Crippen molar-refractivity contribution < 1.29 is 18.5 Å². The molecule has 0 aliphatic heterocycles. The van der Waals surface area contributed by atoms with Crippen LogP contribution < -0.4 is 14.6 Å². The van der Waals surface area contributed by atoms with Gasteiger partial charge in [-0.2, -0.15) is 0 Å². The molecule has 0 radical (unpaired) electrons. The molecule has 0 unspecified atom stereocenters. The van der Waals surface area contributed by atoms with Crippen molar-refractivity contribution in [1.29, 1.82) is 0 Å². The van der Waals surface area contributed by atoms with E-state index in [2.05, 4.69) is 5.32 Å². The second-order valence-corrected chi connectivity index (χ2v) is 8.43. The molecule has 2 aromatic heterocycles. The maximum Gasteiger partial charge on any atom is 0.256 e. The number of carbonyl (C=O) groups excluding carboxylic acids is 1. The molecule has 1 amide bonds. The number of fused-ring (bicyclic) bond motifs is 3. The second-order valence-electron chi connectivity index (χ2n) is 7.62. The molecule has 4 aromatic rings. The fourth-order valence-electron chi connectivity index (χ4n) is 3.54. The summed E-state index contributed by atoms with van der Waals surface area (Å²) in [6, 6.07) is 11.2. The van der Waals surface area contributed by atoms with E-state index >= 15 is 0 Å². The quantitative estimate of drug-likeness (QED) is 0.400. The molecule has 152 valence electrons. The van der Waals surface area contributed by atoms with Crippen molar-refractivity contribution in [1.82, 2.24) is 0 Å². The highest BCUT2D eigenvalue weighted by molar-refractivity contribution is 6.39. The van der Waals surface area contributed by atoms with Crippen LogP contribution >= 0.6 is 23.2 Å². The maximum atomic E-state index is 13.2. The number of anilines is 1. The fraction of sp³-hybridized carbons (Fsp3) is 0.217. The molecule has 7 heteroatoms. The van der Waals surface area contributed by atoms with Crippen LogP contribution in [0.1, 0.15) is 23.2 Å². The van der Waals surface area contributed by atoms with Gasteiger partial charge in [-0.1, -0.05) is 41.4 Å². The van der Waals surface area contributed by atoms with E-state index in [1.165, 1.54) is 12.8 Å². The van der Waals surface area contributed by atoms with Gasteiger partial charge < -0.3 is 14.5 Å². The van der Waals surface area contributed by atoms with Gasteiger partial charge >= 0.3 is 0 Å². The van der Waals surface area contributed by atoms with Crippen LogP contribution in [0, 0.1) is 5.92 Å². The Labute approximate surface area is 183 Å². The summed E-state index contributed by atoms with van der Waals surface area (Å²) in [5, 5.41) is 5.13. The monoisotopic (exact) mass is 441 g/mol. The van der Waals surface area contributed by atoms with Crippen molar-refractivity contribution in [3.05, 3.63) is 64.4 Å². The van der Waals surface area contributed by atoms with Crippen LogP contribution in [0.3, 0.4) is 0 Å².